The molecular weight excluding hydrogens is 263 g/mol. The summed E-state index contributed by atoms with van der Waals surface area (Å²) >= 11 is 11.6. The van der Waals surface area contributed by atoms with E-state index in [-0.39, 0.29) is 17.7 Å². The maximum absolute atomic E-state index is 11.7. The quantitative estimate of drug-likeness (QED) is 0.789. The van der Waals surface area contributed by atoms with Gasteiger partial charge in [-0.2, -0.15) is 0 Å². The molecule has 2 aliphatic rings. The Hall–Kier alpha value is -0.480. The summed E-state index contributed by atoms with van der Waals surface area (Å²) < 4.78 is -0.886. The fraction of sp³-hybridized carbons (Fsp3) is 0.818. The van der Waals surface area contributed by atoms with Crippen molar-refractivity contribution in [2.75, 3.05) is 19.6 Å². The predicted molar refractivity (Wildman–Crippen MR) is 66.0 cm³/mol. The number of carbonyl (C=O) groups is 2. The summed E-state index contributed by atoms with van der Waals surface area (Å²) in [6, 6.07) is 0. The number of halogens is 2. The van der Waals surface area contributed by atoms with Gasteiger partial charge >= 0.3 is 0 Å². The minimum absolute atomic E-state index is 0.113. The molecule has 0 aromatic rings. The molecule has 1 saturated heterocycles. The first kappa shape index (κ1) is 13.0. The van der Waals surface area contributed by atoms with Crippen LogP contribution in [0, 0.1) is 5.92 Å². The number of nitrogens with one attached hydrogen (secondary N) is 1. The van der Waals surface area contributed by atoms with Gasteiger partial charge in [-0.1, -0.05) is 0 Å². The van der Waals surface area contributed by atoms with Crippen molar-refractivity contribution in [1.29, 1.82) is 0 Å². The molecule has 1 aliphatic heterocycles. The number of hydrogen-bond acceptors (Lipinski definition) is 2. The van der Waals surface area contributed by atoms with Crippen molar-refractivity contribution in [3.8, 4) is 0 Å². The van der Waals surface area contributed by atoms with Crippen LogP contribution in [-0.2, 0) is 9.59 Å². The summed E-state index contributed by atoms with van der Waals surface area (Å²) in [7, 11) is 0. The van der Waals surface area contributed by atoms with Gasteiger partial charge in [-0.15, -0.1) is 23.2 Å². The van der Waals surface area contributed by atoms with Gasteiger partial charge in [0.15, 0.2) is 0 Å². The van der Waals surface area contributed by atoms with E-state index in [0.29, 0.717) is 19.4 Å². The normalized spacial score (nSPS) is 25.8. The van der Waals surface area contributed by atoms with E-state index in [0.717, 1.165) is 25.9 Å². The number of rotatable bonds is 4. The van der Waals surface area contributed by atoms with E-state index in [1.165, 1.54) is 0 Å². The third-order valence-corrected chi connectivity index (χ3v) is 4.07. The molecule has 1 aliphatic carbocycles. The molecule has 2 rings (SSSR count). The molecule has 1 saturated carbocycles. The lowest BCUT2D eigenvalue weighted by atomic mass is 10.3. The van der Waals surface area contributed by atoms with Gasteiger partial charge in [0.25, 0.3) is 0 Å². The largest absolute Gasteiger partial charge is 0.355 e. The summed E-state index contributed by atoms with van der Waals surface area (Å²) in [4.78, 5) is 25.0. The Morgan fingerprint density at radius 3 is 2.41 bits per heavy atom. The molecular formula is C11H16Cl2N2O2. The van der Waals surface area contributed by atoms with Crippen LogP contribution in [0.1, 0.15) is 25.7 Å². The lowest BCUT2D eigenvalue weighted by Crippen LogP contribution is -2.33. The molecule has 0 radical (unpaired) electrons. The first-order valence-corrected chi connectivity index (χ1v) is 6.69. The lowest BCUT2D eigenvalue weighted by Gasteiger charge is -2.15. The smallest absolute Gasteiger partial charge is 0.226 e. The molecule has 2 fully saturated rings. The Morgan fingerprint density at radius 1 is 1.29 bits per heavy atom. The SMILES string of the molecule is O=C(NCCC(=O)N1CCCC1)C1CC1(Cl)Cl. The Bertz CT molecular complexity index is 311. The van der Waals surface area contributed by atoms with E-state index in [4.69, 9.17) is 23.2 Å². The molecule has 1 heterocycles. The minimum atomic E-state index is -0.886. The number of hydrogen-bond donors (Lipinski definition) is 1. The highest BCUT2D eigenvalue weighted by atomic mass is 35.5. The van der Waals surface area contributed by atoms with Crippen LogP contribution in [-0.4, -0.2) is 40.7 Å². The molecule has 6 heteroatoms. The Kier molecular flexibility index (Phi) is 3.83. The van der Waals surface area contributed by atoms with Gasteiger partial charge in [0.05, 0.1) is 5.92 Å². The zero-order chi connectivity index (χ0) is 12.5. The summed E-state index contributed by atoms with van der Waals surface area (Å²) in [6.07, 6.45) is 3.03. The maximum atomic E-state index is 11.7. The highest BCUT2D eigenvalue weighted by molar-refractivity contribution is 6.52. The summed E-state index contributed by atoms with van der Waals surface area (Å²) in [5, 5.41) is 2.70. The third-order valence-electron chi connectivity index (χ3n) is 3.24. The van der Waals surface area contributed by atoms with E-state index >= 15 is 0 Å². The Morgan fingerprint density at radius 2 is 1.88 bits per heavy atom. The first-order valence-electron chi connectivity index (χ1n) is 5.94. The predicted octanol–water partition coefficient (Wildman–Crippen LogP) is 1.31. The maximum Gasteiger partial charge on any atom is 0.226 e. The molecule has 1 atom stereocenters. The lowest BCUT2D eigenvalue weighted by molar-refractivity contribution is -0.130. The number of alkyl halides is 2. The van der Waals surface area contributed by atoms with Crippen molar-refractivity contribution in [2.45, 2.75) is 30.0 Å². The zero-order valence-electron chi connectivity index (χ0n) is 9.55. The van der Waals surface area contributed by atoms with Crippen LogP contribution in [0.15, 0.2) is 0 Å². The molecule has 1 N–H and O–H groups in total. The van der Waals surface area contributed by atoms with E-state index in [9.17, 15) is 9.59 Å². The van der Waals surface area contributed by atoms with E-state index in [2.05, 4.69) is 5.32 Å². The standard InChI is InChI=1S/C11H16Cl2N2O2/c12-11(13)7-8(11)10(17)14-4-3-9(16)15-5-1-2-6-15/h8H,1-7H2,(H,14,17). The van der Waals surface area contributed by atoms with Crippen molar-refractivity contribution in [3.63, 3.8) is 0 Å². The Balaban J connectivity index is 1.63. The monoisotopic (exact) mass is 278 g/mol. The number of amides is 2. The van der Waals surface area contributed by atoms with Gasteiger partial charge in [-0.3, -0.25) is 9.59 Å². The van der Waals surface area contributed by atoms with E-state index in [1.807, 2.05) is 4.90 Å². The second kappa shape index (κ2) is 5.02. The molecule has 0 aromatic carbocycles. The van der Waals surface area contributed by atoms with Crippen LogP contribution in [0.3, 0.4) is 0 Å². The highest BCUT2D eigenvalue weighted by Gasteiger charge is 2.56. The van der Waals surface area contributed by atoms with Crippen LogP contribution in [0.25, 0.3) is 0 Å². The van der Waals surface area contributed by atoms with Gasteiger partial charge in [-0.05, 0) is 19.3 Å². The Labute approximate surface area is 111 Å². The van der Waals surface area contributed by atoms with Crippen molar-refractivity contribution >= 4 is 35.0 Å². The van der Waals surface area contributed by atoms with E-state index < -0.39 is 4.33 Å². The average Bonchev–Trinajstić information content (AvgIpc) is 2.71. The number of carbonyl (C=O) groups excluding carboxylic acids is 2. The molecule has 4 nitrogen and oxygen atoms in total. The molecule has 0 bridgehead atoms. The first-order chi connectivity index (χ1) is 8.00. The van der Waals surface area contributed by atoms with Crippen LogP contribution < -0.4 is 5.32 Å². The molecule has 0 aromatic heterocycles. The molecule has 17 heavy (non-hydrogen) atoms. The number of likely N-dealkylation sites (tertiary alicyclic amines) is 1. The van der Waals surface area contributed by atoms with E-state index in [1.54, 1.807) is 0 Å². The van der Waals surface area contributed by atoms with Crippen LogP contribution >= 0.6 is 23.2 Å². The van der Waals surface area contributed by atoms with Gasteiger partial charge in [0.2, 0.25) is 11.8 Å². The van der Waals surface area contributed by atoms with Gasteiger partial charge in [0, 0.05) is 26.1 Å². The minimum Gasteiger partial charge on any atom is -0.355 e. The van der Waals surface area contributed by atoms with Crippen molar-refractivity contribution in [3.05, 3.63) is 0 Å². The topological polar surface area (TPSA) is 49.4 Å². The van der Waals surface area contributed by atoms with Gasteiger partial charge < -0.3 is 10.2 Å². The van der Waals surface area contributed by atoms with Crippen LogP contribution in [0.2, 0.25) is 0 Å². The van der Waals surface area contributed by atoms with Gasteiger partial charge in [0.1, 0.15) is 4.33 Å². The fourth-order valence-corrected chi connectivity index (χ4v) is 2.55. The fourth-order valence-electron chi connectivity index (χ4n) is 2.04. The summed E-state index contributed by atoms with van der Waals surface area (Å²) in [5.41, 5.74) is 0. The molecule has 96 valence electrons. The van der Waals surface area contributed by atoms with Crippen LogP contribution in [0.4, 0.5) is 0 Å². The van der Waals surface area contributed by atoms with Crippen LogP contribution in [0.5, 0.6) is 0 Å². The third kappa shape index (κ3) is 3.26. The summed E-state index contributed by atoms with van der Waals surface area (Å²) in [5.74, 6) is -0.349. The number of nitrogens with zero attached hydrogens (tertiary/aromatic N) is 1. The highest BCUT2D eigenvalue weighted by Crippen LogP contribution is 2.53. The second-order valence-electron chi connectivity index (χ2n) is 4.65. The second-order valence-corrected chi connectivity index (χ2v) is 6.19. The zero-order valence-corrected chi connectivity index (χ0v) is 11.1. The summed E-state index contributed by atoms with van der Waals surface area (Å²) in [6.45, 7) is 2.07. The molecule has 1 unspecified atom stereocenters. The van der Waals surface area contributed by atoms with Gasteiger partial charge in [-0.25, -0.2) is 0 Å². The molecule has 2 amide bonds. The van der Waals surface area contributed by atoms with Crippen molar-refractivity contribution < 1.29 is 9.59 Å². The molecule has 0 spiro atoms. The van der Waals surface area contributed by atoms with Crippen molar-refractivity contribution in [1.82, 2.24) is 10.2 Å². The van der Waals surface area contributed by atoms with Crippen molar-refractivity contribution in [2.24, 2.45) is 5.92 Å². The average molecular weight is 279 g/mol.